The van der Waals surface area contributed by atoms with Crippen molar-refractivity contribution in [2.24, 2.45) is 5.92 Å². The molecule has 0 saturated carbocycles. The van der Waals surface area contributed by atoms with Crippen molar-refractivity contribution < 1.29 is 28.6 Å². The first-order valence-electron chi connectivity index (χ1n) is 13.8. The molecule has 0 aliphatic carbocycles. The Hall–Kier alpha value is -3.75. The smallest absolute Gasteiger partial charge is 0.417 e. The molecule has 9 heteroatoms. The number of benzene rings is 2. The molecule has 2 unspecified atom stereocenters. The second-order valence-electron chi connectivity index (χ2n) is 12.5. The number of carbonyl (C=O) groups is 3. The Balaban J connectivity index is 1.49. The molecule has 0 radical (unpaired) electrons. The van der Waals surface area contributed by atoms with Crippen LogP contribution in [0.4, 0.5) is 15.3 Å². The fourth-order valence-corrected chi connectivity index (χ4v) is 5.15. The Kier molecular flexibility index (Phi) is 8.33. The molecular formula is C31H41N3O6. The molecule has 3 amide bonds. The van der Waals surface area contributed by atoms with Crippen molar-refractivity contribution in [3.8, 4) is 5.75 Å². The Labute approximate surface area is 236 Å². The molecule has 2 heterocycles. The van der Waals surface area contributed by atoms with Gasteiger partial charge in [0.25, 0.3) is 5.91 Å². The van der Waals surface area contributed by atoms with E-state index in [-0.39, 0.29) is 30.4 Å². The van der Waals surface area contributed by atoms with E-state index in [4.69, 9.17) is 14.2 Å². The maximum absolute atomic E-state index is 13.0. The van der Waals surface area contributed by atoms with Gasteiger partial charge in [-0.1, -0.05) is 18.2 Å². The minimum Gasteiger partial charge on any atom is -0.497 e. The molecule has 1 fully saturated rings. The molecule has 0 spiro atoms. The van der Waals surface area contributed by atoms with Gasteiger partial charge in [-0.05, 0) is 89.3 Å². The van der Waals surface area contributed by atoms with Crippen LogP contribution < -0.4 is 10.1 Å². The summed E-state index contributed by atoms with van der Waals surface area (Å²) in [6.45, 7) is 12.8. The number of piperidine rings is 1. The highest BCUT2D eigenvalue weighted by Crippen LogP contribution is 2.35. The first-order valence-corrected chi connectivity index (χ1v) is 13.8. The number of likely N-dealkylation sites (tertiary alicyclic amines) is 1. The lowest BCUT2D eigenvalue weighted by Gasteiger charge is -2.39. The van der Waals surface area contributed by atoms with Crippen molar-refractivity contribution in [1.82, 2.24) is 9.80 Å². The fraction of sp³-hybridized carbons (Fsp3) is 0.516. The number of amides is 3. The van der Waals surface area contributed by atoms with E-state index in [9.17, 15) is 14.4 Å². The van der Waals surface area contributed by atoms with E-state index in [1.54, 1.807) is 38.8 Å². The van der Waals surface area contributed by atoms with E-state index < -0.39 is 17.3 Å². The Morgan fingerprint density at radius 1 is 0.950 bits per heavy atom. The third-order valence-corrected chi connectivity index (χ3v) is 7.03. The van der Waals surface area contributed by atoms with Crippen LogP contribution in [0, 0.1) is 5.92 Å². The van der Waals surface area contributed by atoms with Gasteiger partial charge in [-0.25, -0.2) is 14.5 Å². The molecule has 2 aromatic carbocycles. The van der Waals surface area contributed by atoms with Crippen LogP contribution in [0.25, 0.3) is 0 Å². The average Bonchev–Trinajstić information content (AvgIpc) is 3.21. The minimum absolute atomic E-state index is 0.0943. The standard InChI is InChI=1S/C31H41N3O6/c1-30(2,3)39-28(36)33-15-14-25(20-9-12-24(38-7)13-10-20)22(18-33)17-32-23-11-8-21-19-34(27(35)26(21)16-23)29(37)40-31(4,5)6/h8-13,16,22,25,32H,14-15,17-19H2,1-7H3. The summed E-state index contributed by atoms with van der Waals surface area (Å²) in [6, 6.07) is 13.7. The predicted octanol–water partition coefficient (Wildman–Crippen LogP) is 6.04. The van der Waals surface area contributed by atoms with Gasteiger partial charge in [0.05, 0.1) is 13.7 Å². The first kappa shape index (κ1) is 29.2. The van der Waals surface area contributed by atoms with Crippen LogP contribution in [-0.4, -0.2) is 65.8 Å². The zero-order valence-electron chi connectivity index (χ0n) is 24.6. The number of carbonyl (C=O) groups excluding carboxylic acids is 3. The van der Waals surface area contributed by atoms with Crippen LogP contribution in [-0.2, 0) is 16.0 Å². The topological polar surface area (TPSA) is 97.4 Å². The Bertz CT molecular complexity index is 1250. The maximum Gasteiger partial charge on any atom is 0.417 e. The molecule has 2 aliphatic heterocycles. The summed E-state index contributed by atoms with van der Waals surface area (Å²) in [7, 11) is 1.65. The summed E-state index contributed by atoms with van der Waals surface area (Å²) in [5, 5.41) is 3.49. The van der Waals surface area contributed by atoms with Crippen molar-refractivity contribution in [2.45, 2.75) is 71.6 Å². The molecule has 4 rings (SSSR count). The third-order valence-electron chi connectivity index (χ3n) is 7.03. The van der Waals surface area contributed by atoms with Crippen molar-refractivity contribution in [2.75, 3.05) is 32.1 Å². The number of hydrogen-bond donors (Lipinski definition) is 1. The highest BCUT2D eigenvalue weighted by atomic mass is 16.6. The summed E-state index contributed by atoms with van der Waals surface area (Å²) < 4.78 is 16.4. The van der Waals surface area contributed by atoms with E-state index in [1.807, 2.05) is 45.0 Å². The lowest BCUT2D eigenvalue weighted by molar-refractivity contribution is 0.0150. The lowest BCUT2D eigenvalue weighted by Crippen LogP contribution is -2.46. The van der Waals surface area contributed by atoms with Gasteiger partial charge >= 0.3 is 12.2 Å². The average molecular weight is 552 g/mol. The summed E-state index contributed by atoms with van der Waals surface area (Å²) >= 11 is 0. The van der Waals surface area contributed by atoms with E-state index >= 15 is 0 Å². The number of anilines is 1. The zero-order valence-corrected chi connectivity index (χ0v) is 24.6. The number of fused-ring (bicyclic) bond motifs is 1. The minimum atomic E-state index is -0.688. The van der Waals surface area contributed by atoms with Crippen LogP contribution in [0.5, 0.6) is 5.75 Å². The van der Waals surface area contributed by atoms with Crippen molar-refractivity contribution in [3.05, 3.63) is 59.2 Å². The monoisotopic (exact) mass is 551 g/mol. The first-order chi connectivity index (χ1) is 18.7. The molecule has 0 bridgehead atoms. The SMILES string of the molecule is COc1ccc(C2CCN(C(=O)OC(C)(C)C)CC2CNc2ccc3c(c2)C(=O)N(C(=O)OC(C)(C)C)C3)cc1. The second kappa shape index (κ2) is 11.4. The van der Waals surface area contributed by atoms with Gasteiger partial charge in [0.15, 0.2) is 0 Å². The Morgan fingerprint density at radius 3 is 2.23 bits per heavy atom. The number of nitrogens with zero attached hydrogens (tertiary/aromatic N) is 2. The van der Waals surface area contributed by atoms with Crippen molar-refractivity contribution >= 4 is 23.8 Å². The second-order valence-corrected chi connectivity index (χ2v) is 12.5. The Morgan fingerprint density at radius 2 is 1.60 bits per heavy atom. The number of nitrogens with one attached hydrogen (secondary N) is 1. The van der Waals surface area contributed by atoms with Gasteiger partial charge < -0.3 is 24.4 Å². The van der Waals surface area contributed by atoms with Gasteiger partial charge in [-0.3, -0.25) is 4.79 Å². The molecule has 216 valence electrons. The highest BCUT2D eigenvalue weighted by molar-refractivity contribution is 6.07. The van der Waals surface area contributed by atoms with Gasteiger partial charge in [0, 0.05) is 36.8 Å². The summed E-state index contributed by atoms with van der Waals surface area (Å²) in [6.07, 6.45) is -0.156. The molecule has 2 atom stereocenters. The molecule has 2 aliphatic rings. The normalized spacial score (nSPS) is 19.2. The van der Waals surface area contributed by atoms with Gasteiger partial charge in [0.2, 0.25) is 0 Å². The molecule has 40 heavy (non-hydrogen) atoms. The summed E-state index contributed by atoms with van der Waals surface area (Å²) in [4.78, 5) is 41.4. The maximum atomic E-state index is 13.0. The zero-order chi connectivity index (χ0) is 29.2. The van der Waals surface area contributed by atoms with Gasteiger partial charge in [-0.15, -0.1) is 0 Å². The van der Waals surface area contributed by atoms with Crippen LogP contribution >= 0.6 is 0 Å². The van der Waals surface area contributed by atoms with E-state index in [1.165, 1.54) is 5.56 Å². The summed E-state index contributed by atoms with van der Waals surface area (Å²) in [5.41, 5.74) is 1.98. The summed E-state index contributed by atoms with van der Waals surface area (Å²) in [5.74, 6) is 0.748. The highest BCUT2D eigenvalue weighted by Gasteiger charge is 2.36. The van der Waals surface area contributed by atoms with Gasteiger partial charge in [-0.2, -0.15) is 0 Å². The van der Waals surface area contributed by atoms with Crippen molar-refractivity contribution in [3.63, 3.8) is 0 Å². The van der Waals surface area contributed by atoms with Crippen LogP contribution in [0.3, 0.4) is 0 Å². The van der Waals surface area contributed by atoms with E-state index in [2.05, 4.69) is 17.4 Å². The quantitative estimate of drug-likeness (QED) is 0.484. The molecule has 1 N–H and O–H groups in total. The molecule has 1 saturated heterocycles. The number of hydrogen-bond acceptors (Lipinski definition) is 7. The molecule has 0 aromatic heterocycles. The molecule has 9 nitrogen and oxygen atoms in total. The van der Waals surface area contributed by atoms with Crippen LogP contribution in [0.1, 0.15) is 75.4 Å². The van der Waals surface area contributed by atoms with Gasteiger partial charge in [0.1, 0.15) is 17.0 Å². The number of methoxy groups -OCH3 is 1. The number of imide groups is 1. The molecular weight excluding hydrogens is 510 g/mol. The van der Waals surface area contributed by atoms with E-state index in [0.29, 0.717) is 25.2 Å². The third kappa shape index (κ3) is 7.06. The van der Waals surface area contributed by atoms with E-state index in [0.717, 1.165) is 28.3 Å². The van der Waals surface area contributed by atoms with Crippen molar-refractivity contribution in [1.29, 1.82) is 0 Å². The fourth-order valence-electron chi connectivity index (χ4n) is 5.15. The van der Waals surface area contributed by atoms with Crippen LogP contribution in [0.2, 0.25) is 0 Å². The number of ether oxygens (including phenoxy) is 3. The lowest BCUT2D eigenvalue weighted by atomic mass is 9.80. The predicted molar refractivity (Wildman–Crippen MR) is 153 cm³/mol. The number of rotatable bonds is 5. The molecule has 2 aromatic rings. The largest absolute Gasteiger partial charge is 0.497 e. The van der Waals surface area contributed by atoms with Crippen LogP contribution in [0.15, 0.2) is 42.5 Å².